The van der Waals surface area contributed by atoms with Crippen LogP contribution < -0.4 is 10.2 Å². The van der Waals surface area contributed by atoms with Crippen LogP contribution in [0.3, 0.4) is 0 Å². The smallest absolute Gasteiger partial charge is 0.294 e. The monoisotopic (exact) mass is 249 g/mol. The fourth-order valence-corrected chi connectivity index (χ4v) is 2.23. The SMILES string of the molecule is O=CNc1ccc(N2CCCCC2)c([N+](=O)[O-])c1. The predicted octanol–water partition coefficient (Wildman–Crippen LogP) is 2.15. The lowest BCUT2D eigenvalue weighted by molar-refractivity contribution is -0.384. The maximum Gasteiger partial charge on any atom is 0.294 e. The average molecular weight is 249 g/mol. The summed E-state index contributed by atoms with van der Waals surface area (Å²) < 4.78 is 0. The Bertz CT molecular complexity index is 456. The van der Waals surface area contributed by atoms with E-state index >= 15 is 0 Å². The first-order valence-electron chi connectivity index (χ1n) is 5.96. The molecule has 0 unspecified atom stereocenters. The number of nitro benzene ring substituents is 1. The summed E-state index contributed by atoms with van der Waals surface area (Å²) in [6, 6.07) is 4.79. The van der Waals surface area contributed by atoms with Crippen LogP contribution in [0.15, 0.2) is 18.2 Å². The normalized spacial score (nSPS) is 15.2. The van der Waals surface area contributed by atoms with E-state index in [0.29, 0.717) is 17.8 Å². The zero-order valence-electron chi connectivity index (χ0n) is 9.96. The molecule has 6 nitrogen and oxygen atoms in total. The number of carbonyl (C=O) groups excluding carboxylic acids is 1. The minimum Gasteiger partial charge on any atom is -0.366 e. The molecular weight excluding hydrogens is 234 g/mol. The molecule has 1 aliphatic rings. The van der Waals surface area contributed by atoms with E-state index in [4.69, 9.17) is 0 Å². The summed E-state index contributed by atoms with van der Waals surface area (Å²) in [7, 11) is 0. The van der Waals surface area contributed by atoms with Crippen LogP contribution in [0, 0.1) is 10.1 Å². The Morgan fingerprint density at radius 2 is 2.00 bits per heavy atom. The first-order chi connectivity index (χ1) is 8.72. The fourth-order valence-electron chi connectivity index (χ4n) is 2.23. The number of nitro groups is 1. The van der Waals surface area contributed by atoms with Gasteiger partial charge >= 0.3 is 0 Å². The van der Waals surface area contributed by atoms with E-state index < -0.39 is 4.92 Å². The standard InChI is InChI=1S/C12H15N3O3/c16-9-13-10-4-5-11(12(8-10)15(17)18)14-6-2-1-3-7-14/h4-5,8-9H,1-3,6-7H2,(H,13,16). The van der Waals surface area contributed by atoms with Gasteiger partial charge in [0.1, 0.15) is 5.69 Å². The lowest BCUT2D eigenvalue weighted by atomic mass is 10.1. The van der Waals surface area contributed by atoms with Crippen molar-refractivity contribution in [3.63, 3.8) is 0 Å². The van der Waals surface area contributed by atoms with E-state index in [-0.39, 0.29) is 5.69 Å². The summed E-state index contributed by atoms with van der Waals surface area (Å²) in [5, 5.41) is 13.5. The number of hydrogen-bond acceptors (Lipinski definition) is 4. The number of anilines is 2. The van der Waals surface area contributed by atoms with Gasteiger partial charge in [-0.3, -0.25) is 14.9 Å². The maximum atomic E-state index is 11.1. The molecule has 1 aliphatic heterocycles. The Labute approximate surface area is 105 Å². The quantitative estimate of drug-likeness (QED) is 0.504. The Hall–Kier alpha value is -2.11. The second kappa shape index (κ2) is 5.48. The highest BCUT2D eigenvalue weighted by molar-refractivity contribution is 5.76. The molecule has 6 heteroatoms. The van der Waals surface area contributed by atoms with Gasteiger partial charge in [0.15, 0.2) is 0 Å². The molecule has 1 heterocycles. The van der Waals surface area contributed by atoms with Crippen LogP contribution >= 0.6 is 0 Å². The second-order valence-electron chi connectivity index (χ2n) is 4.27. The molecule has 0 aliphatic carbocycles. The Morgan fingerprint density at radius 1 is 1.28 bits per heavy atom. The van der Waals surface area contributed by atoms with Crippen molar-refractivity contribution in [2.45, 2.75) is 19.3 Å². The van der Waals surface area contributed by atoms with E-state index in [1.807, 2.05) is 4.90 Å². The summed E-state index contributed by atoms with van der Waals surface area (Å²) >= 11 is 0. The van der Waals surface area contributed by atoms with Gasteiger partial charge in [0, 0.05) is 24.8 Å². The number of nitrogens with zero attached hydrogens (tertiary/aromatic N) is 2. The van der Waals surface area contributed by atoms with Crippen molar-refractivity contribution in [3.8, 4) is 0 Å². The molecule has 96 valence electrons. The first-order valence-corrected chi connectivity index (χ1v) is 5.96. The van der Waals surface area contributed by atoms with Crippen LogP contribution in [0.25, 0.3) is 0 Å². The predicted molar refractivity (Wildman–Crippen MR) is 68.8 cm³/mol. The van der Waals surface area contributed by atoms with Gasteiger partial charge in [0.25, 0.3) is 5.69 Å². The molecular formula is C12H15N3O3. The number of carbonyl (C=O) groups is 1. The molecule has 1 aromatic carbocycles. The highest BCUT2D eigenvalue weighted by Crippen LogP contribution is 2.32. The van der Waals surface area contributed by atoms with Crippen LogP contribution in [0.5, 0.6) is 0 Å². The van der Waals surface area contributed by atoms with E-state index in [1.165, 1.54) is 12.5 Å². The molecule has 1 saturated heterocycles. The molecule has 1 aromatic rings. The number of rotatable bonds is 4. The summed E-state index contributed by atoms with van der Waals surface area (Å²) in [5.41, 5.74) is 1.12. The Morgan fingerprint density at radius 3 is 2.61 bits per heavy atom. The van der Waals surface area contributed by atoms with Gasteiger partial charge < -0.3 is 10.2 Å². The topological polar surface area (TPSA) is 75.5 Å². The fraction of sp³-hybridized carbons (Fsp3) is 0.417. The highest BCUT2D eigenvalue weighted by atomic mass is 16.6. The summed E-state index contributed by atoms with van der Waals surface area (Å²) in [4.78, 5) is 23.1. The summed E-state index contributed by atoms with van der Waals surface area (Å²) in [5.74, 6) is 0. The van der Waals surface area contributed by atoms with Crippen molar-refractivity contribution in [1.82, 2.24) is 0 Å². The van der Waals surface area contributed by atoms with E-state index in [1.54, 1.807) is 12.1 Å². The first kappa shape index (κ1) is 12.3. The van der Waals surface area contributed by atoms with Crippen molar-refractivity contribution in [2.24, 2.45) is 0 Å². The third-order valence-corrected chi connectivity index (χ3v) is 3.09. The molecule has 0 aromatic heterocycles. The zero-order valence-corrected chi connectivity index (χ0v) is 9.96. The highest BCUT2D eigenvalue weighted by Gasteiger charge is 2.21. The van der Waals surface area contributed by atoms with Crippen LogP contribution in [-0.2, 0) is 4.79 Å². The largest absolute Gasteiger partial charge is 0.366 e. The van der Waals surface area contributed by atoms with Crippen molar-refractivity contribution in [2.75, 3.05) is 23.3 Å². The molecule has 0 atom stereocenters. The van der Waals surface area contributed by atoms with Gasteiger partial charge in [0.2, 0.25) is 6.41 Å². The number of benzene rings is 1. The van der Waals surface area contributed by atoms with Crippen LogP contribution in [0.2, 0.25) is 0 Å². The molecule has 0 bridgehead atoms. The number of hydrogen-bond donors (Lipinski definition) is 1. The summed E-state index contributed by atoms with van der Waals surface area (Å²) in [6.07, 6.45) is 3.81. The van der Waals surface area contributed by atoms with Gasteiger partial charge in [-0.05, 0) is 31.4 Å². The Balaban J connectivity index is 2.33. The number of amides is 1. The molecule has 0 saturated carbocycles. The zero-order chi connectivity index (χ0) is 13.0. The average Bonchev–Trinajstić information content (AvgIpc) is 2.40. The molecule has 1 amide bonds. The van der Waals surface area contributed by atoms with Crippen LogP contribution in [-0.4, -0.2) is 24.4 Å². The van der Waals surface area contributed by atoms with Crippen molar-refractivity contribution < 1.29 is 9.72 Å². The maximum absolute atomic E-state index is 11.1. The molecule has 0 radical (unpaired) electrons. The van der Waals surface area contributed by atoms with Crippen molar-refractivity contribution >= 4 is 23.5 Å². The van der Waals surface area contributed by atoms with Crippen molar-refractivity contribution in [1.29, 1.82) is 0 Å². The van der Waals surface area contributed by atoms with Gasteiger partial charge in [-0.15, -0.1) is 0 Å². The van der Waals surface area contributed by atoms with Gasteiger partial charge in [-0.1, -0.05) is 0 Å². The number of nitrogens with one attached hydrogen (secondary N) is 1. The third kappa shape index (κ3) is 2.58. The minimum atomic E-state index is -0.403. The Kier molecular flexibility index (Phi) is 3.76. The van der Waals surface area contributed by atoms with Gasteiger partial charge in [-0.2, -0.15) is 0 Å². The lowest BCUT2D eigenvalue weighted by Gasteiger charge is -2.28. The van der Waals surface area contributed by atoms with E-state index in [0.717, 1.165) is 25.9 Å². The molecule has 0 spiro atoms. The second-order valence-corrected chi connectivity index (χ2v) is 4.27. The third-order valence-electron chi connectivity index (χ3n) is 3.09. The van der Waals surface area contributed by atoms with Gasteiger partial charge in [-0.25, -0.2) is 0 Å². The van der Waals surface area contributed by atoms with E-state index in [2.05, 4.69) is 5.32 Å². The van der Waals surface area contributed by atoms with E-state index in [9.17, 15) is 14.9 Å². The van der Waals surface area contributed by atoms with Crippen LogP contribution in [0.4, 0.5) is 17.1 Å². The molecule has 1 N–H and O–H groups in total. The molecule has 18 heavy (non-hydrogen) atoms. The lowest BCUT2D eigenvalue weighted by Crippen LogP contribution is -2.29. The minimum absolute atomic E-state index is 0.0451. The molecule has 2 rings (SSSR count). The van der Waals surface area contributed by atoms with Gasteiger partial charge in [0.05, 0.1) is 4.92 Å². The van der Waals surface area contributed by atoms with Crippen LogP contribution in [0.1, 0.15) is 19.3 Å². The molecule has 1 fully saturated rings. The number of piperidine rings is 1. The van der Waals surface area contributed by atoms with Crippen molar-refractivity contribution in [3.05, 3.63) is 28.3 Å². The summed E-state index contributed by atoms with van der Waals surface area (Å²) in [6.45, 7) is 1.70.